The highest BCUT2D eigenvalue weighted by atomic mass is 16.5. The lowest BCUT2D eigenvalue weighted by molar-refractivity contribution is -0.132. The predicted molar refractivity (Wildman–Crippen MR) is 119 cm³/mol. The Morgan fingerprint density at radius 1 is 1.03 bits per heavy atom. The minimum absolute atomic E-state index is 0.249. The van der Waals surface area contributed by atoms with Crippen molar-refractivity contribution in [3.63, 3.8) is 0 Å². The molecule has 0 atom stereocenters. The van der Waals surface area contributed by atoms with Gasteiger partial charge in [0.25, 0.3) is 0 Å². The minimum Gasteiger partial charge on any atom is -0.378 e. The van der Waals surface area contributed by atoms with Gasteiger partial charge in [-0.15, -0.1) is 0 Å². The number of carbonyl (C=O) groups excluding carboxylic acids is 1. The summed E-state index contributed by atoms with van der Waals surface area (Å²) in [6.45, 7) is 11.7. The van der Waals surface area contributed by atoms with Gasteiger partial charge in [0.15, 0.2) is 0 Å². The second-order valence-electron chi connectivity index (χ2n) is 8.73. The Labute approximate surface area is 184 Å². The van der Waals surface area contributed by atoms with Crippen molar-refractivity contribution in [1.29, 1.82) is 0 Å². The van der Waals surface area contributed by atoms with Crippen molar-refractivity contribution in [2.75, 3.05) is 44.3 Å². The first-order chi connectivity index (χ1) is 15.0. The molecular formula is C23H34N6O2. The van der Waals surface area contributed by atoms with Gasteiger partial charge in [-0.25, -0.2) is 9.97 Å². The van der Waals surface area contributed by atoms with Crippen molar-refractivity contribution in [3.8, 4) is 0 Å². The summed E-state index contributed by atoms with van der Waals surface area (Å²) >= 11 is 0. The van der Waals surface area contributed by atoms with E-state index in [9.17, 15) is 4.79 Å². The number of nitrogens with zero attached hydrogens (tertiary/aromatic N) is 6. The van der Waals surface area contributed by atoms with Crippen molar-refractivity contribution in [2.24, 2.45) is 0 Å². The summed E-state index contributed by atoms with van der Waals surface area (Å²) < 4.78 is 7.46. The van der Waals surface area contributed by atoms with Crippen LogP contribution in [0.3, 0.4) is 0 Å². The van der Waals surface area contributed by atoms with E-state index in [1.54, 1.807) is 0 Å². The molecule has 0 saturated carbocycles. The molecule has 2 aromatic rings. The molecule has 0 unspecified atom stereocenters. The molecule has 2 saturated heterocycles. The minimum atomic E-state index is 0.249. The number of aryl methyl sites for hydroxylation is 4. The quantitative estimate of drug-likeness (QED) is 0.707. The number of piperidine rings is 1. The first-order valence-corrected chi connectivity index (χ1v) is 11.5. The first kappa shape index (κ1) is 21.7. The topological polar surface area (TPSA) is 76.4 Å². The molecule has 0 bridgehead atoms. The highest BCUT2D eigenvalue weighted by molar-refractivity contribution is 5.76. The van der Waals surface area contributed by atoms with Crippen LogP contribution in [0.5, 0.6) is 0 Å². The summed E-state index contributed by atoms with van der Waals surface area (Å²) in [5, 5.41) is 4.48. The SMILES string of the molecule is Cc1cc(N2CCOCC2)nc(C2CCN(C(=O)CCCn3nc(C)cc3C)CC2)n1. The summed E-state index contributed by atoms with van der Waals surface area (Å²) in [5.41, 5.74) is 3.19. The van der Waals surface area contributed by atoms with E-state index in [0.717, 1.165) is 93.9 Å². The summed E-state index contributed by atoms with van der Waals surface area (Å²) in [6, 6.07) is 4.14. The molecule has 1 amide bonds. The third-order valence-electron chi connectivity index (χ3n) is 6.27. The largest absolute Gasteiger partial charge is 0.378 e. The molecule has 0 N–H and O–H groups in total. The Kier molecular flexibility index (Phi) is 6.85. The third kappa shape index (κ3) is 5.42. The van der Waals surface area contributed by atoms with Crippen molar-refractivity contribution in [2.45, 2.75) is 58.9 Å². The first-order valence-electron chi connectivity index (χ1n) is 11.5. The van der Waals surface area contributed by atoms with Crippen molar-refractivity contribution in [3.05, 3.63) is 35.0 Å². The van der Waals surface area contributed by atoms with Crippen molar-refractivity contribution in [1.82, 2.24) is 24.6 Å². The van der Waals surface area contributed by atoms with E-state index < -0.39 is 0 Å². The zero-order chi connectivity index (χ0) is 21.8. The lowest BCUT2D eigenvalue weighted by atomic mass is 9.95. The fourth-order valence-corrected chi connectivity index (χ4v) is 4.54. The number of morpholine rings is 1. The maximum absolute atomic E-state index is 12.7. The Morgan fingerprint density at radius 2 is 1.77 bits per heavy atom. The van der Waals surface area contributed by atoms with Gasteiger partial charge in [0, 0.05) is 62.5 Å². The van der Waals surface area contributed by atoms with Gasteiger partial charge in [0.2, 0.25) is 5.91 Å². The van der Waals surface area contributed by atoms with Crippen LogP contribution in [0.25, 0.3) is 0 Å². The predicted octanol–water partition coefficient (Wildman–Crippen LogP) is 2.62. The van der Waals surface area contributed by atoms with Crippen LogP contribution in [0, 0.1) is 20.8 Å². The van der Waals surface area contributed by atoms with E-state index in [-0.39, 0.29) is 5.91 Å². The summed E-state index contributed by atoms with van der Waals surface area (Å²) in [7, 11) is 0. The monoisotopic (exact) mass is 426 g/mol. The van der Waals surface area contributed by atoms with Crippen LogP contribution in [-0.2, 0) is 16.1 Å². The Balaban J connectivity index is 1.28. The Bertz CT molecular complexity index is 897. The molecule has 0 aromatic carbocycles. The van der Waals surface area contributed by atoms with Gasteiger partial charge in [-0.05, 0) is 46.1 Å². The molecule has 0 spiro atoms. The molecule has 2 fully saturated rings. The van der Waals surface area contributed by atoms with Gasteiger partial charge in [-0.2, -0.15) is 5.10 Å². The zero-order valence-electron chi connectivity index (χ0n) is 19.0. The van der Waals surface area contributed by atoms with Crippen LogP contribution in [0.1, 0.15) is 54.5 Å². The molecule has 0 radical (unpaired) electrons. The van der Waals surface area contributed by atoms with Crippen LogP contribution in [-0.4, -0.2) is 69.9 Å². The van der Waals surface area contributed by atoms with Gasteiger partial charge in [0.05, 0.1) is 18.9 Å². The summed E-state index contributed by atoms with van der Waals surface area (Å²) in [5.74, 6) is 2.50. The summed E-state index contributed by atoms with van der Waals surface area (Å²) in [4.78, 5) is 26.6. The number of amides is 1. The van der Waals surface area contributed by atoms with E-state index in [1.807, 2.05) is 23.4 Å². The second kappa shape index (κ2) is 9.77. The third-order valence-corrected chi connectivity index (χ3v) is 6.27. The number of anilines is 1. The number of aromatic nitrogens is 4. The average Bonchev–Trinajstić information content (AvgIpc) is 3.10. The Hall–Kier alpha value is -2.48. The molecule has 4 rings (SSSR count). The maximum atomic E-state index is 12.7. The van der Waals surface area contributed by atoms with Crippen LogP contribution in [0.2, 0.25) is 0 Å². The number of rotatable bonds is 6. The van der Waals surface area contributed by atoms with Gasteiger partial charge < -0.3 is 14.5 Å². The molecule has 0 aliphatic carbocycles. The van der Waals surface area contributed by atoms with E-state index >= 15 is 0 Å². The molecule has 8 nitrogen and oxygen atoms in total. The smallest absolute Gasteiger partial charge is 0.222 e. The van der Waals surface area contributed by atoms with Gasteiger partial charge in [-0.1, -0.05) is 0 Å². The van der Waals surface area contributed by atoms with Gasteiger partial charge >= 0.3 is 0 Å². The van der Waals surface area contributed by atoms with E-state index in [2.05, 4.69) is 29.1 Å². The Morgan fingerprint density at radius 3 is 2.45 bits per heavy atom. The van der Waals surface area contributed by atoms with Crippen molar-refractivity contribution >= 4 is 11.7 Å². The van der Waals surface area contributed by atoms with Crippen molar-refractivity contribution < 1.29 is 9.53 Å². The highest BCUT2D eigenvalue weighted by Gasteiger charge is 2.26. The standard InChI is InChI=1S/C23H34N6O2/c1-17-16-21(27-11-13-31-14-12-27)25-23(24-17)20-6-9-28(10-7-20)22(30)5-4-8-29-19(3)15-18(2)26-29/h15-16,20H,4-14H2,1-3H3. The molecular weight excluding hydrogens is 392 g/mol. The molecule has 4 heterocycles. The molecule has 2 aliphatic rings. The lowest BCUT2D eigenvalue weighted by Crippen LogP contribution is -2.39. The molecule has 2 aromatic heterocycles. The normalized spacial score (nSPS) is 17.9. The van der Waals surface area contributed by atoms with Crippen LogP contribution in [0.4, 0.5) is 5.82 Å². The molecule has 8 heteroatoms. The van der Waals surface area contributed by atoms with E-state index in [0.29, 0.717) is 12.3 Å². The van der Waals surface area contributed by atoms with Crippen LogP contribution < -0.4 is 4.90 Å². The molecule has 2 aliphatic heterocycles. The molecule has 31 heavy (non-hydrogen) atoms. The van der Waals surface area contributed by atoms with Crippen LogP contribution in [0.15, 0.2) is 12.1 Å². The number of hydrogen-bond donors (Lipinski definition) is 0. The lowest BCUT2D eigenvalue weighted by Gasteiger charge is -2.32. The number of hydrogen-bond acceptors (Lipinski definition) is 6. The van der Waals surface area contributed by atoms with Gasteiger partial charge in [-0.3, -0.25) is 9.48 Å². The average molecular weight is 427 g/mol. The zero-order valence-corrected chi connectivity index (χ0v) is 19.0. The fourth-order valence-electron chi connectivity index (χ4n) is 4.54. The number of ether oxygens (including phenoxy) is 1. The summed E-state index contributed by atoms with van der Waals surface area (Å²) in [6.07, 6.45) is 3.25. The number of likely N-dealkylation sites (tertiary alicyclic amines) is 1. The maximum Gasteiger partial charge on any atom is 0.222 e. The van der Waals surface area contributed by atoms with Gasteiger partial charge in [0.1, 0.15) is 11.6 Å². The highest BCUT2D eigenvalue weighted by Crippen LogP contribution is 2.28. The fraction of sp³-hybridized carbons (Fsp3) is 0.652. The van der Waals surface area contributed by atoms with Crippen LogP contribution >= 0.6 is 0 Å². The van der Waals surface area contributed by atoms with E-state index in [4.69, 9.17) is 14.7 Å². The number of carbonyl (C=O) groups is 1. The van der Waals surface area contributed by atoms with E-state index in [1.165, 1.54) is 0 Å². The molecule has 168 valence electrons. The second-order valence-corrected chi connectivity index (χ2v) is 8.73.